The third-order valence-corrected chi connectivity index (χ3v) is 2.24. The molecule has 0 bridgehead atoms. The smallest absolute Gasteiger partial charge is 0.234 e. The molecule has 0 heterocycles. The van der Waals surface area contributed by atoms with Crippen molar-refractivity contribution in [3.05, 3.63) is 29.3 Å². The number of thioether (sulfide) groups is 1. The lowest BCUT2D eigenvalue weighted by atomic mass is 10.2. The van der Waals surface area contributed by atoms with E-state index in [1.54, 1.807) is 17.8 Å². The molecule has 1 aromatic carbocycles. The molecule has 1 radical (unpaired) electrons. The molecular weight excluding hydrogens is 156 g/mol. The molecule has 0 unspecified atom stereocenters. The first-order chi connectivity index (χ1) is 5.27. The molecule has 0 aliphatic carbocycles. The van der Waals surface area contributed by atoms with E-state index in [1.165, 1.54) is 5.56 Å². The van der Waals surface area contributed by atoms with Crippen molar-refractivity contribution in [1.29, 1.82) is 0 Å². The Bertz CT molecular complexity index is 268. The Hall–Kier alpha value is -0.760. The third kappa shape index (κ3) is 1.84. The van der Waals surface area contributed by atoms with Crippen LogP contribution in [0.2, 0.25) is 0 Å². The van der Waals surface area contributed by atoms with Crippen LogP contribution < -0.4 is 0 Å². The average Bonchev–Trinajstić information content (AvgIpc) is 2.04. The van der Waals surface area contributed by atoms with Crippen molar-refractivity contribution in [2.45, 2.75) is 11.8 Å². The Kier molecular flexibility index (Phi) is 2.71. The quantitative estimate of drug-likeness (QED) is 0.625. The molecule has 57 valence electrons. The number of hydrogen-bond acceptors (Lipinski definition) is 2. The molecule has 11 heavy (non-hydrogen) atoms. The van der Waals surface area contributed by atoms with Gasteiger partial charge in [0.25, 0.3) is 0 Å². The average molecular weight is 165 g/mol. The van der Waals surface area contributed by atoms with Crippen LogP contribution in [0.5, 0.6) is 0 Å². The second-order valence-corrected chi connectivity index (χ2v) is 3.15. The van der Waals surface area contributed by atoms with Crippen molar-refractivity contribution >= 4 is 18.0 Å². The van der Waals surface area contributed by atoms with E-state index in [0.717, 1.165) is 4.90 Å². The maximum absolute atomic E-state index is 10.4. The van der Waals surface area contributed by atoms with Gasteiger partial charge in [-0.15, -0.1) is 11.8 Å². The highest BCUT2D eigenvalue weighted by Crippen LogP contribution is 2.19. The zero-order chi connectivity index (χ0) is 8.27. The number of benzene rings is 1. The van der Waals surface area contributed by atoms with E-state index in [2.05, 4.69) is 0 Å². The van der Waals surface area contributed by atoms with Gasteiger partial charge in [-0.25, -0.2) is 0 Å². The second-order valence-electron chi connectivity index (χ2n) is 2.31. The molecule has 0 saturated carbocycles. The summed E-state index contributed by atoms with van der Waals surface area (Å²) in [7, 11) is 0. The summed E-state index contributed by atoms with van der Waals surface area (Å²) in [6, 6.07) is 5.71. The van der Waals surface area contributed by atoms with Gasteiger partial charge in [0.2, 0.25) is 6.29 Å². The highest BCUT2D eigenvalue weighted by atomic mass is 32.2. The van der Waals surface area contributed by atoms with Gasteiger partial charge in [-0.2, -0.15) is 0 Å². The molecule has 0 aliphatic heterocycles. The molecule has 0 fully saturated rings. The Labute approximate surface area is 70.8 Å². The molecule has 0 saturated heterocycles. The monoisotopic (exact) mass is 165 g/mol. The van der Waals surface area contributed by atoms with E-state index >= 15 is 0 Å². The maximum Gasteiger partial charge on any atom is 0.234 e. The zero-order valence-electron chi connectivity index (χ0n) is 6.55. The standard InChI is InChI=1S/C9H9OS/c1-7-3-4-8(6-10)9(5-7)11-2/h3-5H,1-2H3. The van der Waals surface area contributed by atoms with E-state index < -0.39 is 0 Å². The summed E-state index contributed by atoms with van der Waals surface area (Å²) < 4.78 is 0. The summed E-state index contributed by atoms with van der Waals surface area (Å²) in [5.41, 5.74) is 1.83. The van der Waals surface area contributed by atoms with E-state index in [4.69, 9.17) is 0 Å². The first-order valence-corrected chi connectivity index (χ1v) is 4.53. The predicted molar refractivity (Wildman–Crippen MR) is 47.8 cm³/mol. The fourth-order valence-corrected chi connectivity index (χ4v) is 1.52. The van der Waals surface area contributed by atoms with Crippen molar-refractivity contribution < 1.29 is 4.79 Å². The Morgan fingerprint density at radius 1 is 1.45 bits per heavy atom. The van der Waals surface area contributed by atoms with Gasteiger partial charge in [-0.05, 0) is 30.9 Å². The lowest BCUT2D eigenvalue weighted by Gasteiger charge is -2.00. The van der Waals surface area contributed by atoms with Gasteiger partial charge in [0.05, 0.1) is 0 Å². The summed E-state index contributed by atoms with van der Waals surface area (Å²) in [4.78, 5) is 11.4. The minimum Gasteiger partial charge on any atom is -0.285 e. The van der Waals surface area contributed by atoms with E-state index in [9.17, 15) is 4.79 Å². The highest BCUT2D eigenvalue weighted by molar-refractivity contribution is 7.98. The number of carbonyl (C=O) groups excluding carboxylic acids is 1. The molecule has 0 N–H and O–H groups in total. The van der Waals surface area contributed by atoms with Crippen molar-refractivity contribution in [3.63, 3.8) is 0 Å². The van der Waals surface area contributed by atoms with Gasteiger partial charge in [-0.1, -0.05) is 6.07 Å². The second kappa shape index (κ2) is 3.58. The molecule has 0 amide bonds. The van der Waals surface area contributed by atoms with Crippen LogP contribution in [0.4, 0.5) is 0 Å². The Morgan fingerprint density at radius 3 is 2.73 bits per heavy atom. The van der Waals surface area contributed by atoms with Crippen molar-refractivity contribution in [2.24, 2.45) is 0 Å². The fraction of sp³-hybridized carbons (Fsp3) is 0.222. The molecule has 0 aliphatic rings. The summed E-state index contributed by atoms with van der Waals surface area (Å²) >= 11 is 1.57. The number of aryl methyl sites for hydroxylation is 1. The maximum atomic E-state index is 10.4. The van der Waals surface area contributed by atoms with Gasteiger partial charge < -0.3 is 0 Å². The molecule has 1 rings (SSSR count). The summed E-state index contributed by atoms with van der Waals surface area (Å²) in [5.74, 6) is 0. The first kappa shape index (κ1) is 8.34. The van der Waals surface area contributed by atoms with E-state index in [-0.39, 0.29) is 0 Å². The Morgan fingerprint density at radius 2 is 2.18 bits per heavy atom. The van der Waals surface area contributed by atoms with E-state index in [0.29, 0.717) is 5.56 Å². The van der Waals surface area contributed by atoms with Crippen LogP contribution in [0.15, 0.2) is 23.1 Å². The largest absolute Gasteiger partial charge is 0.285 e. The molecule has 0 atom stereocenters. The number of rotatable bonds is 2. The predicted octanol–water partition coefficient (Wildman–Crippen LogP) is 2.17. The molecule has 1 aromatic rings. The zero-order valence-corrected chi connectivity index (χ0v) is 7.37. The summed E-state index contributed by atoms with van der Waals surface area (Å²) in [5, 5.41) is 0. The minimum absolute atomic E-state index is 0.656. The fourth-order valence-electron chi connectivity index (χ4n) is 0.883. The van der Waals surface area contributed by atoms with Crippen LogP contribution >= 0.6 is 11.8 Å². The van der Waals surface area contributed by atoms with Gasteiger partial charge in [0.1, 0.15) is 0 Å². The SMILES string of the molecule is CSc1cc(C)ccc1[C]=O. The van der Waals surface area contributed by atoms with Crippen molar-refractivity contribution in [3.8, 4) is 0 Å². The van der Waals surface area contributed by atoms with Crippen LogP contribution in [0, 0.1) is 6.92 Å². The Balaban J connectivity index is 3.16. The lowest BCUT2D eigenvalue weighted by molar-refractivity contribution is 0.562. The molecule has 0 spiro atoms. The van der Waals surface area contributed by atoms with Gasteiger partial charge in [-0.3, -0.25) is 4.79 Å². The third-order valence-electron chi connectivity index (χ3n) is 1.47. The van der Waals surface area contributed by atoms with Crippen molar-refractivity contribution in [1.82, 2.24) is 0 Å². The lowest BCUT2D eigenvalue weighted by Crippen LogP contribution is -1.85. The topological polar surface area (TPSA) is 17.1 Å². The van der Waals surface area contributed by atoms with Gasteiger partial charge in [0, 0.05) is 10.5 Å². The van der Waals surface area contributed by atoms with Crippen LogP contribution in [0.1, 0.15) is 11.1 Å². The molecule has 1 nitrogen and oxygen atoms in total. The van der Waals surface area contributed by atoms with Crippen LogP contribution in [-0.2, 0) is 4.79 Å². The first-order valence-electron chi connectivity index (χ1n) is 3.30. The molecule has 2 heteroatoms. The normalized spacial score (nSPS) is 9.64. The van der Waals surface area contributed by atoms with Crippen LogP contribution in [-0.4, -0.2) is 12.5 Å². The van der Waals surface area contributed by atoms with Gasteiger partial charge >= 0.3 is 0 Å². The summed E-state index contributed by atoms with van der Waals surface area (Å²) in [6.45, 7) is 2.01. The van der Waals surface area contributed by atoms with Crippen molar-refractivity contribution in [2.75, 3.05) is 6.26 Å². The number of hydrogen-bond donors (Lipinski definition) is 0. The minimum atomic E-state index is 0.656. The summed E-state index contributed by atoms with van der Waals surface area (Å²) in [6.07, 6.45) is 3.86. The molecular formula is C9H9OS. The van der Waals surface area contributed by atoms with Crippen LogP contribution in [0.3, 0.4) is 0 Å². The molecule has 0 aromatic heterocycles. The van der Waals surface area contributed by atoms with Crippen LogP contribution in [0.25, 0.3) is 0 Å². The van der Waals surface area contributed by atoms with E-state index in [1.807, 2.05) is 31.6 Å². The highest BCUT2D eigenvalue weighted by Gasteiger charge is 1.99. The van der Waals surface area contributed by atoms with Gasteiger partial charge in [0.15, 0.2) is 0 Å².